The molecule has 2 aromatic heterocycles. The van der Waals surface area contributed by atoms with Crippen LogP contribution in [0.5, 0.6) is 0 Å². The van der Waals surface area contributed by atoms with E-state index in [0.717, 1.165) is 5.82 Å². The van der Waals surface area contributed by atoms with E-state index < -0.39 is 0 Å². The third kappa shape index (κ3) is 2.33. The van der Waals surface area contributed by atoms with E-state index in [2.05, 4.69) is 45.5 Å². The average molecular weight is 235 g/mol. The number of aryl methyl sites for hydroxylation is 1. The average Bonchev–Trinajstić information content (AvgIpc) is 2.86. The Balaban J connectivity index is 2.03. The molecule has 2 rings (SSSR count). The first kappa shape index (κ1) is 11.4. The maximum atomic E-state index is 4.35. The molecule has 0 aliphatic heterocycles. The molecule has 0 aliphatic rings. The van der Waals surface area contributed by atoms with Crippen LogP contribution in [0.2, 0.25) is 0 Å². The van der Waals surface area contributed by atoms with E-state index in [0.29, 0.717) is 6.04 Å². The van der Waals surface area contributed by atoms with E-state index in [1.807, 2.05) is 19.4 Å². The van der Waals surface area contributed by atoms with Crippen molar-refractivity contribution >= 4 is 11.3 Å². The van der Waals surface area contributed by atoms with Crippen molar-refractivity contribution in [1.82, 2.24) is 14.9 Å². The molecule has 0 spiro atoms. The molecule has 0 bridgehead atoms. The first-order valence-electron chi connectivity index (χ1n) is 5.44. The van der Waals surface area contributed by atoms with Gasteiger partial charge in [0.25, 0.3) is 0 Å². The quantitative estimate of drug-likeness (QED) is 0.883. The third-order valence-electron chi connectivity index (χ3n) is 2.79. The highest BCUT2D eigenvalue weighted by Gasteiger charge is 2.14. The van der Waals surface area contributed by atoms with E-state index >= 15 is 0 Å². The molecule has 86 valence electrons. The molecule has 2 aromatic rings. The smallest absolute Gasteiger partial charge is 0.125 e. The van der Waals surface area contributed by atoms with Crippen LogP contribution in [0, 0.1) is 0 Å². The molecule has 2 heterocycles. The van der Waals surface area contributed by atoms with Crippen LogP contribution >= 0.6 is 11.3 Å². The van der Waals surface area contributed by atoms with Crippen molar-refractivity contribution in [3.63, 3.8) is 0 Å². The molecule has 3 nitrogen and oxygen atoms in total. The van der Waals surface area contributed by atoms with Crippen molar-refractivity contribution in [1.29, 1.82) is 0 Å². The van der Waals surface area contributed by atoms with Crippen molar-refractivity contribution < 1.29 is 0 Å². The summed E-state index contributed by atoms with van der Waals surface area (Å²) in [6.45, 7) is 4.33. The second-order valence-corrected chi connectivity index (χ2v) is 4.84. The fraction of sp³-hybridized carbons (Fsp3) is 0.417. The Morgan fingerprint density at radius 2 is 2.19 bits per heavy atom. The highest BCUT2D eigenvalue weighted by atomic mass is 32.1. The van der Waals surface area contributed by atoms with Gasteiger partial charge in [-0.1, -0.05) is 0 Å². The highest BCUT2D eigenvalue weighted by molar-refractivity contribution is 7.07. The largest absolute Gasteiger partial charge is 0.337 e. The van der Waals surface area contributed by atoms with Gasteiger partial charge < -0.3 is 9.88 Å². The Labute approximate surface area is 100 Å². The molecule has 4 heteroatoms. The predicted octanol–water partition coefficient (Wildman–Crippen LogP) is 2.89. The van der Waals surface area contributed by atoms with Gasteiger partial charge >= 0.3 is 0 Å². The highest BCUT2D eigenvalue weighted by Crippen LogP contribution is 2.19. The van der Waals surface area contributed by atoms with Crippen LogP contribution < -0.4 is 5.32 Å². The van der Waals surface area contributed by atoms with Gasteiger partial charge in [0.15, 0.2) is 0 Å². The summed E-state index contributed by atoms with van der Waals surface area (Å²) < 4.78 is 2.05. The third-order valence-corrected chi connectivity index (χ3v) is 3.49. The van der Waals surface area contributed by atoms with Crippen molar-refractivity contribution in [3.8, 4) is 0 Å². The SMILES string of the molecule is CC(NC(C)c1nccn1C)c1ccsc1. The summed E-state index contributed by atoms with van der Waals surface area (Å²) in [7, 11) is 2.02. The number of hydrogen-bond donors (Lipinski definition) is 1. The zero-order chi connectivity index (χ0) is 11.5. The fourth-order valence-corrected chi connectivity index (χ4v) is 2.62. The van der Waals surface area contributed by atoms with Crippen LogP contribution in [-0.4, -0.2) is 9.55 Å². The molecule has 0 radical (unpaired) electrons. The first-order chi connectivity index (χ1) is 7.68. The fourth-order valence-electron chi connectivity index (χ4n) is 1.86. The second-order valence-electron chi connectivity index (χ2n) is 4.06. The van der Waals surface area contributed by atoms with E-state index in [1.54, 1.807) is 11.3 Å². The van der Waals surface area contributed by atoms with Crippen molar-refractivity contribution in [3.05, 3.63) is 40.6 Å². The molecule has 0 aromatic carbocycles. The molecule has 16 heavy (non-hydrogen) atoms. The maximum absolute atomic E-state index is 4.35. The lowest BCUT2D eigenvalue weighted by Crippen LogP contribution is -2.24. The van der Waals surface area contributed by atoms with Crippen LogP contribution in [0.3, 0.4) is 0 Å². The van der Waals surface area contributed by atoms with Gasteiger partial charge in [0, 0.05) is 25.5 Å². The summed E-state index contributed by atoms with van der Waals surface area (Å²) in [6.07, 6.45) is 3.81. The van der Waals surface area contributed by atoms with Gasteiger partial charge in [0.2, 0.25) is 0 Å². The molecule has 0 saturated heterocycles. The summed E-state index contributed by atoms with van der Waals surface area (Å²) in [4.78, 5) is 4.35. The number of thiophene rings is 1. The van der Waals surface area contributed by atoms with Gasteiger partial charge in [0.1, 0.15) is 5.82 Å². The summed E-state index contributed by atoms with van der Waals surface area (Å²) >= 11 is 1.73. The van der Waals surface area contributed by atoms with Crippen LogP contribution in [0.4, 0.5) is 0 Å². The molecule has 2 unspecified atom stereocenters. The monoisotopic (exact) mass is 235 g/mol. The van der Waals surface area contributed by atoms with E-state index in [1.165, 1.54) is 5.56 Å². The number of hydrogen-bond acceptors (Lipinski definition) is 3. The van der Waals surface area contributed by atoms with Gasteiger partial charge in [-0.25, -0.2) is 4.98 Å². The number of rotatable bonds is 4. The zero-order valence-corrected chi connectivity index (χ0v) is 10.7. The number of nitrogens with one attached hydrogen (secondary N) is 1. The van der Waals surface area contributed by atoms with Crippen LogP contribution in [-0.2, 0) is 7.05 Å². The van der Waals surface area contributed by atoms with Crippen LogP contribution in [0.1, 0.15) is 37.3 Å². The maximum Gasteiger partial charge on any atom is 0.125 e. The van der Waals surface area contributed by atoms with Gasteiger partial charge in [-0.2, -0.15) is 11.3 Å². The van der Waals surface area contributed by atoms with E-state index in [9.17, 15) is 0 Å². The predicted molar refractivity (Wildman–Crippen MR) is 67.5 cm³/mol. The number of nitrogens with zero attached hydrogens (tertiary/aromatic N) is 2. The number of aromatic nitrogens is 2. The first-order valence-corrected chi connectivity index (χ1v) is 6.38. The molecule has 1 N–H and O–H groups in total. The van der Waals surface area contributed by atoms with E-state index in [-0.39, 0.29) is 6.04 Å². The Morgan fingerprint density at radius 3 is 2.75 bits per heavy atom. The molecular formula is C12H17N3S. The lowest BCUT2D eigenvalue weighted by Gasteiger charge is -2.19. The minimum atomic E-state index is 0.259. The lowest BCUT2D eigenvalue weighted by molar-refractivity contribution is 0.468. The molecule has 0 fully saturated rings. The summed E-state index contributed by atoms with van der Waals surface area (Å²) in [5.41, 5.74) is 1.34. The Hall–Kier alpha value is -1.13. The second kappa shape index (κ2) is 4.80. The van der Waals surface area contributed by atoms with E-state index in [4.69, 9.17) is 0 Å². The summed E-state index contributed by atoms with van der Waals surface area (Å²) in [5.74, 6) is 1.07. The van der Waals surface area contributed by atoms with Crippen molar-refractivity contribution in [2.24, 2.45) is 7.05 Å². The van der Waals surface area contributed by atoms with Crippen LogP contribution in [0.15, 0.2) is 29.2 Å². The topological polar surface area (TPSA) is 29.9 Å². The standard InChI is InChI=1S/C12H17N3S/c1-9(11-4-7-16-8-11)14-10(2)12-13-5-6-15(12)3/h4-10,14H,1-3H3. The summed E-state index contributed by atoms with van der Waals surface area (Å²) in [6, 6.07) is 2.78. The number of imidazole rings is 1. The molecule has 0 saturated carbocycles. The zero-order valence-electron chi connectivity index (χ0n) is 9.84. The molecule has 0 amide bonds. The van der Waals surface area contributed by atoms with Gasteiger partial charge in [-0.3, -0.25) is 0 Å². The Kier molecular flexibility index (Phi) is 3.41. The molecule has 0 aliphatic carbocycles. The lowest BCUT2D eigenvalue weighted by atomic mass is 10.1. The van der Waals surface area contributed by atoms with Crippen molar-refractivity contribution in [2.45, 2.75) is 25.9 Å². The summed E-state index contributed by atoms with van der Waals surface area (Å²) in [5, 5.41) is 7.84. The Morgan fingerprint density at radius 1 is 1.38 bits per heavy atom. The normalized spacial score (nSPS) is 14.9. The van der Waals surface area contributed by atoms with Gasteiger partial charge in [-0.15, -0.1) is 0 Å². The minimum Gasteiger partial charge on any atom is -0.337 e. The van der Waals surface area contributed by atoms with Gasteiger partial charge in [0.05, 0.1) is 6.04 Å². The Bertz CT molecular complexity index is 433. The molecular weight excluding hydrogens is 218 g/mol. The minimum absolute atomic E-state index is 0.259. The van der Waals surface area contributed by atoms with Crippen molar-refractivity contribution in [2.75, 3.05) is 0 Å². The van der Waals surface area contributed by atoms with Crippen LogP contribution in [0.25, 0.3) is 0 Å². The molecule has 2 atom stereocenters. The van der Waals surface area contributed by atoms with Gasteiger partial charge in [-0.05, 0) is 36.2 Å².